The lowest BCUT2D eigenvalue weighted by atomic mass is 10.0. The molecule has 1 rings (SSSR count). The normalized spacial score (nSPS) is 13.9. The number of carboxylic acids is 1. The van der Waals surface area contributed by atoms with Crippen molar-refractivity contribution in [3.63, 3.8) is 0 Å². The average Bonchev–Trinajstić information content (AvgIpc) is 2.77. The summed E-state index contributed by atoms with van der Waals surface area (Å²) in [7, 11) is 0. The first-order chi connectivity index (χ1) is 8.52. The van der Waals surface area contributed by atoms with Gasteiger partial charge in [-0.25, -0.2) is 4.98 Å². The van der Waals surface area contributed by atoms with Crippen LogP contribution in [0.5, 0.6) is 0 Å². The first kappa shape index (κ1) is 14.2. The van der Waals surface area contributed by atoms with E-state index in [1.165, 1.54) is 0 Å². The fourth-order valence-corrected chi connectivity index (χ4v) is 1.77. The van der Waals surface area contributed by atoms with Crippen LogP contribution in [0.2, 0.25) is 0 Å². The number of amides is 1. The third kappa shape index (κ3) is 4.57. The van der Waals surface area contributed by atoms with Gasteiger partial charge in [0.2, 0.25) is 5.91 Å². The number of nitrogens with one attached hydrogen (secondary N) is 2. The van der Waals surface area contributed by atoms with Crippen molar-refractivity contribution in [2.75, 3.05) is 0 Å². The second-order valence-corrected chi connectivity index (χ2v) is 4.41. The first-order valence-corrected chi connectivity index (χ1v) is 6.03. The summed E-state index contributed by atoms with van der Waals surface area (Å²) in [6, 6.07) is -0.149. The van der Waals surface area contributed by atoms with Gasteiger partial charge in [-0.3, -0.25) is 9.59 Å². The van der Waals surface area contributed by atoms with Crippen LogP contribution >= 0.6 is 0 Å². The maximum atomic E-state index is 11.8. The van der Waals surface area contributed by atoms with E-state index in [1.54, 1.807) is 19.3 Å². The van der Waals surface area contributed by atoms with Crippen LogP contribution in [0.1, 0.15) is 45.0 Å². The predicted octanol–water partition coefficient (Wildman–Crippen LogP) is 1.48. The van der Waals surface area contributed by atoms with Crippen molar-refractivity contribution < 1.29 is 14.7 Å². The van der Waals surface area contributed by atoms with Crippen LogP contribution in [0.4, 0.5) is 0 Å². The molecule has 2 atom stereocenters. The van der Waals surface area contributed by atoms with E-state index >= 15 is 0 Å². The largest absolute Gasteiger partial charge is 0.481 e. The summed E-state index contributed by atoms with van der Waals surface area (Å²) in [5.74, 6) is -0.478. The number of imidazole rings is 1. The number of aliphatic carboxylic acids is 1. The molecule has 1 aromatic rings. The number of hydrogen-bond donors (Lipinski definition) is 3. The minimum Gasteiger partial charge on any atom is -0.481 e. The summed E-state index contributed by atoms with van der Waals surface area (Å²) >= 11 is 0. The Labute approximate surface area is 106 Å². The van der Waals surface area contributed by atoms with E-state index in [0.29, 0.717) is 0 Å². The highest BCUT2D eigenvalue weighted by atomic mass is 16.4. The molecule has 0 saturated heterocycles. The van der Waals surface area contributed by atoms with E-state index < -0.39 is 5.97 Å². The molecule has 3 N–H and O–H groups in total. The molecule has 100 valence electrons. The van der Waals surface area contributed by atoms with E-state index in [2.05, 4.69) is 15.3 Å². The maximum absolute atomic E-state index is 11.8. The Morgan fingerprint density at radius 3 is 2.72 bits per heavy atom. The number of nitrogens with zero attached hydrogens (tertiary/aromatic N) is 1. The van der Waals surface area contributed by atoms with Gasteiger partial charge in [0.1, 0.15) is 5.82 Å². The van der Waals surface area contributed by atoms with Gasteiger partial charge in [0.25, 0.3) is 0 Å². The highest BCUT2D eigenvalue weighted by molar-refractivity contribution is 5.77. The summed E-state index contributed by atoms with van der Waals surface area (Å²) in [6.07, 6.45) is 4.29. The molecule has 0 aliphatic rings. The molecule has 0 aliphatic carbocycles. The zero-order chi connectivity index (χ0) is 13.5. The van der Waals surface area contributed by atoms with Crippen LogP contribution in [-0.4, -0.2) is 27.0 Å². The molecule has 0 bridgehead atoms. The Bertz CT molecular complexity index is 389. The maximum Gasteiger partial charge on any atom is 0.303 e. The summed E-state index contributed by atoms with van der Waals surface area (Å²) in [5.41, 5.74) is 0. The van der Waals surface area contributed by atoms with Gasteiger partial charge in [-0.15, -0.1) is 0 Å². The van der Waals surface area contributed by atoms with E-state index in [1.807, 2.05) is 6.92 Å². The second-order valence-electron chi connectivity index (χ2n) is 4.41. The van der Waals surface area contributed by atoms with Crippen molar-refractivity contribution in [1.82, 2.24) is 15.3 Å². The molecular weight excluding hydrogens is 234 g/mol. The van der Waals surface area contributed by atoms with Crippen LogP contribution in [0.3, 0.4) is 0 Å². The predicted molar refractivity (Wildman–Crippen MR) is 65.8 cm³/mol. The average molecular weight is 253 g/mol. The second kappa shape index (κ2) is 6.78. The lowest BCUT2D eigenvalue weighted by Crippen LogP contribution is -2.30. The van der Waals surface area contributed by atoms with E-state index in [-0.39, 0.29) is 30.7 Å². The highest BCUT2D eigenvalue weighted by Crippen LogP contribution is 2.13. The molecule has 6 nitrogen and oxygen atoms in total. The molecule has 0 aliphatic heterocycles. The van der Waals surface area contributed by atoms with Crippen LogP contribution in [0.25, 0.3) is 0 Å². The SMILES string of the molecule is CCC(NC(=O)CC(C)CC(=O)O)c1ncc[nH]1. The molecule has 0 fully saturated rings. The molecule has 1 aromatic heterocycles. The van der Waals surface area contributed by atoms with Gasteiger partial charge < -0.3 is 15.4 Å². The number of aromatic nitrogens is 2. The van der Waals surface area contributed by atoms with Crippen molar-refractivity contribution in [3.8, 4) is 0 Å². The number of carbonyl (C=O) groups excluding carboxylic acids is 1. The number of carboxylic acid groups (broad SMARTS) is 1. The van der Waals surface area contributed by atoms with Crippen LogP contribution in [0.15, 0.2) is 12.4 Å². The number of hydrogen-bond acceptors (Lipinski definition) is 3. The summed E-state index contributed by atoms with van der Waals surface area (Å²) in [6.45, 7) is 3.70. The highest BCUT2D eigenvalue weighted by Gasteiger charge is 2.17. The van der Waals surface area contributed by atoms with Crippen LogP contribution in [0, 0.1) is 5.92 Å². The van der Waals surface area contributed by atoms with Crippen molar-refractivity contribution in [2.45, 2.75) is 39.2 Å². The molecule has 0 saturated carbocycles. The van der Waals surface area contributed by atoms with Crippen LogP contribution in [-0.2, 0) is 9.59 Å². The van der Waals surface area contributed by atoms with E-state index in [9.17, 15) is 9.59 Å². The molecule has 1 amide bonds. The number of carbonyl (C=O) groups is 2. The van der Waals surface area contributed by atoms with Gasteiger partial charge in [0.15, 0.2) is 0 Å². The Morgan fingerprint density at radius 1 is 1.50 bits per heavy atom. The zero-order valence-corrected chi connectivity index (χ0v) is 10.6. The first-order valence-electron chi connectivity index (χ1n) is 6.03. The van der Waals surface area contributed by atoms with Gasteiger partial charge in [-0.2, -0.15) is 0 Å². The number of H-pyrrole nitrogens is 1. The van der Waals surface area contributed by atoms with Gasteiger partial charge in [0.05, 0.1) is 6.04 Å². The van der Waals surface area contributed by atoms with Crippen molar-refractivity contribution in [2.24, 2.45) is 5.92 Å². The quantitative estimate of drug-likeness (QED) is 0.685. The molecule has 1 heterocycles. The standard InChI is InChI=1S/C12H19N3O3/c1-3-9(12-13-4-5-14-12)15-10(16)6-8(2)7-11(17)18/h4-5,8-9H,3,6-7H2,1-2H3,(H,13,14)(H,15,16)(H,17,18). The third-order valence-corrected chi connectivity index (χ3v) is 2.65. The van der Waals surface area contributed by atoms with Crippen LogP contribution < -0.4 is 5.32 Å². The van der Waals surface area contributed by atoms with Gasteiger partial charge in [-0.05, 0) is 12.3 Å². The van der Waals surface area contributed by atoms with Gasteiger partial charge in [0, 0.05) is 25.2 Å². The Hall–Kier alpha value is -1.85. The van der Waals surface area contributed by atoms with Gasteiger partial charge >= 0.3 is 5.97 Å². The summed E-state index contributed by atoms with van der Waals surface area (Å²) in [5, 5.41) is 11.5. The lowest BCUT2D eigenvalue weighted by molar-refractivity contribution is -0.138. The molecular formula is C12H19N3O3. The van der Waals surface area contributed by atoms with Crippen molar-refractivity contribution in [3.05, 3.63) is 18.2 Å². The smallest absolute Gasteiger partial charge is 0.303 e. The molecule has 0 aromatic carbocycles. The number of rotatable bonds is 7. The minimum atomic E-state index is -0.881. The molecule has 2 unspecified atom stereocenters. The van der Waals surface area contributed by atoms with Crippen molar-refractivity contribution in [1.29, 1.82) is 0 Å². The molecule has 0 radical (unpaired) electrons. The number of aromatic amines is 1. The Balaban J connectivity index is 2.45. The lowest BCUT2D eigenvalue weighted by Gasteiger charge is -2.16. The van der Waals surface area contributed by atoms with Gasteiger partial charge in [-0.1, -0.05) is 13.8 Å². The topological polar surface area (TPSA) is 95.1 Å². The zero-order valence-electron chi connectivity index (χ0n) is 10.6. The van der Waals surface area contributed by atoms with Crippen molar-refractivity contribution >= 4 is 11.9 Å². The van der Waals surface area contributed by atoms with E-state index in [0.717, 1.165) is 12.2 Å². The van der Waals surface area contributed by atoms with E-state index in [4.69, 9.17) is 5.11 Å². The summed E-state index contributed by atoms with van der Waals surface area (Å²) < 4.78 is 0. The fraction of sp³-hybridized carbons (Fsp3) is 0.583. The molecule has 18 heavy (non-hydrogen) atoms. The Kier molecular flexibility index (Phi) is 5.35. The minimum absolute atomic E-state index is 0.00492. The molecule has 0 spiro atoms. The third-order valence-electron chi connectivity index (χ3n) is 2.65. The Morgan fingerprint density at radius 2 is 2.22 bits per heavy atom. The molecule has 6 heteroatoms. The monoisotopic (exact) mass is 253 g/mol. The summed E-state index contributed by atoms with van der Waals surface area (Å²) in [4.78, 5) is 29.3. The fourth-order valence-electron chi connectivity index (χ4n) is 1.77.